The fourth-order valence-corrected chi connectivity index (χ4v) is 2.37. The zero-order valence-electron chi connectivity index (χ0n) is 9.53. The van der Waals surface area contributed by atoms with Crippen LogP contribution < -0.4 is 0 Å². The minimum atomic E-state index is -0.0567. The Morgan fingerprint density at radius 2 is 2.24 bits per heavy atom. The van der Waals surface area contributed by atoms with Crippen LogP contribution in [0.25, 0.3) is 0 Å². The molecule has 17 heavy (non-hydrogen) atoms. The lowest BCUT2D eigenvalue weighted by Crippen LogP contribution is -2.02. The van der Waals surface area contributed by atoms with Gasteiger partial charge in [0.25, 0.3) is 0 Å². The standard InChI is InChI=1S/C12H11ClN2OS/c1-3-10-12(17-15-14-10)11(16)8-5-4-7(2)9(13)6-8/h4-6H,3H2,1-2H3. The van der Waals surface area contributed by atoms with Crippen molar-refractivity contribution in [3.63, 3.8) is 0 Å². The largest absolute Gasteiger partial charge is 0.288 e. The molecule has 0 aliphatic rings. The molecule has 0 saturated carbocycles. The number of rotatable bonds is 3. The van der Waals surface area contributed by atoms with Gasteiger partial charge in [0, 0.05) is 10.6 Å². The fourth-order valence-electron chi connectivity index (χ4n) is 1.48. The van der Waals surface area contributed by atoms with Crippen molar-refractivity contribution in [1.82, 2.24) is 9.59 Å². The molecule has 0 aliphatic heterocycles. The van der Waals surface area contributed by atoms with Gasteiger partial charge in [-0.3, -0.25) is 4.79 Å². The normalized spacial score (nSPS) is 10.5. The number of aromatic nitrogens is 2. The molecule has 0 spiro atoms. The highest BCUT2D eigenvalue weighted by molar-refractivity contribution is 7.08. The highest BCUT2D eigenvalue weighted by atomic mass is 35.5. The van der Waals surface area contributed by atoms with Crippen molar-refractivity contribution >= 4 is 28.9 Å². The molecule has 1 aromatic carbocycles. The fraction of sp³-hybridized carbons (Fsp3) is 0.250. The van der Waals surface area contributed by atoms with Crippen LogP contribution in [0.1, 0.15) is 33.4 Å². The molecule has 5 heteroatoms. The van der Waals surface area contributed by atoms with E-state index in [1.165, 1.54) is 0 Å². The van der Waals surface area contributed by atoms with E-state index in [0.29, 0.717) is 21.9 Å². The summed E-state index contributed by atoms with van der Waals surface area (Å²) < 4.78 is 3.82. The van der Waals surface area contributed by atoms with E-state index >= 15 is 0 Å². The second kappa shape index (κ2) is 4.94. The van der Waals surface area contributed by atoms with Gasteiger partial charge in [-0.1, -0.05) is 35.1 Å². The van der Waals surface area contributed by atoms with Gasteiger partial charge in [0.1, 0.15) is 4.88 Å². The lowest BCUT2D eigenvalue weighted by molar-refractivity contribution is 0.104. The van der Waals surface area contributed by atoms with Crippen LogP contribution in [0.5, 0.6) is 0 Å². The number of hydrogen-bond donors (Lipinski definition) is 0. The molecule has 0 unspecified atom stereocenters. The minimum Gasteiger partial charge on any atom is -0.288 e. The second-order valence-electron chi connectivity index (χ2n) is 3.70. The van der Waals surface area contributed by atoms with Gasteiger partial charge >= 0.3 is 0 Å². The second-order valence-corrected chi connectivity index (χ2v) is 4.86. The first kappa shape index (κ1) is 12.2. The zero-order valence-corrected chi connectivity index (χ0v) is 11.1. The Balaban J connectivity index is 2.40. The number of benzene rings is 1. The molecule has 2 aromatic rings. The summed E-state index contributed by atoms with van der Waals surface area (Å²) in [6.45, 7) is 3.86. The van der Waals surface area contributed by atoms with E-state index in [9.17, 15) is 4.79 Å². The average molecular weight is 267 g/mol. The third kappa shape index (κ3) is 2.37. The van der Waals surface area contributed by atoms with Crippen molar-refractivity contribution in [2.75, 3.05) is 0 Å². The van der Waals surface area contributed by atoms with Gasteiger partial charge in [0.2, 0.25) is 5.78 Å². The number of ketones is 1. The van der Waals surface area contributed by atoms with Gasteiger partial charge in [-0.25, -0.2) is 0 Å². The van der Waals surface area contributed by atoms with Crippen molar-refractivity contribution in [1.29, 1.82) is 0 Å². The predicted octanol–water partition coefficient (Wildman–Crippen LogP) is 3.29. The Hall–Kier alpha value is -1.26. The summed E-state index contributed by atoms with van der Waals surface area (Å²) in [5, 5.41) is 4.54. The Labute approximate surface area is 109 Å². The molecule has 3 nitrogen and oxygen atoms in total. The third-order valence-corrected chi connectivity index (χ3v) is 3.70. The average Bonchev–Trinajstić information content (AvgIpc) is 2.80. The van der Waals surface area contributed by atoms with Crippen molar-refractivity contribution in [3.8, 4) is 0 Å². The van der Waals surface area contributed by atoms with Gasteiger partial charge < -0.3 is 0 Å². The van der Waals surface area contributed by atoms with Crippen molar-refractivity contribution in [3.05, 3.63) is 44.9 Å². The third-order valence-electron chi connectivity index (χ3n) is 2.53. The van der Waals surface area contributed by atoms with Crippen LogP contribution in [0, 0.1) is 6.92 Å². The molecule has 0 atom stereocenters. The maximum atomic E-state index is 12.2. The molecular formula is C12H11ClN2OS. The molecule has 1 aromatic heterocycles. The highest BCUT2D eigenvalue weighted by Crippen LogP contribution is 2.21. The van der Waals surface area contributed by atoms with Gasteiger partial charge in [-0.15, -0.1) is 5.10 Å². The van der Waals surface area contributed by atoms with Crippen LogP contribution in [-0.2, 0) is 6.42 Å². The van der Waals surface area contributed by atoms with Gasteiger partial charge in [0.15, 0.2) is 0 Å². The number of carbonyl (C=O) groups is 1. The summed E-state index contributed by atoms with van der Waals surface area (Å²) in [5.74, 6) is -0.0567. The van der Waals surface area contributed by atoms with Gasteiger partial charge in [0.05, 0.1) is 5.69 Å². The van der Waals surface area contributed by atoms with Crippen LogP contribution in [0.4, 0.5) is 0 Å². The number of halogens is 1. The molecule has 0 N–H and O–H groups in total. The van der Waals surface area contributed by atoms with Gasteiger partial charge in [-0.05, 0) is 36.5 Å². The summed E-state index contributed by atoms with van der Waals surface area (Å²) in [5.41, 5.74) is 2.29. The van der Waals surface area contributed by atoms with E-state index in [1.807, 2.05) is 19.9 Å². The Kier molecular flexibility index (Phi) is 3.54. The number of hydrogen-bond acceptors (Lipinski definition) is 4. The predicted molar refractivity (Wildman–Crippen MR) is 68.9 cm³/mol. The molecule has 88 valence electrons. The first-order valence-electron chi connectivity index (χ1n) is 5.25. The van der Waals surface area contributed by atoms with Crippen LogP contribution in [0.3, 0.4) is 0 Å². The van der Waals surface area contributed by atoms with E-state index < -0.39 is 0 Å². The summed E-state index contributed by atoms with van der Waals surface area (Å²) in [6, 6.07) is 5.32. The molecule has 0 bridgehead atoms. The van der Waals surface area contributed by atoms with E-state index in [4.69, 9.17) is 11.6 Å². The quantitative estimate of drug-likeness (QED) is 0.801. The molecule has 0 saturated heterocycles. The Morgan fingerprint density at radius 1 is 1.47 bits per heavy atom. The minimum absolute atomic E-state index is 0.0567. The molecule has 1 heterocycles. The lowest BCUT2D eigenvalue weighted by atomic mass is 10.1. The highest BCUT2D eigenvalue weighted by Gasteiger charge is 2.17. The summed E-state index contributed by atoms with van der Waals surface area (Å²) in [6.07, 6.45) is 0.706. The zero-order chi connectivity index (χ0) is 12.4. The smallest absolute Gasteiger partial charge is 0.206 e. The molecule has 2 rings (SSSR count). The van der Waals surface area contributed by atoms with E-state index in [1.54, 1.807) is 12.1 Å². The SMILES string of the molecule is CCc1nnsc1C(=O)c1ccc(C)c(Cl)c1. The maximum absolute atomic E-state index is 12.2. The van der Waals surface area contributed by atoms with Gasteiger partial charge in [-0.2, -0.15) is 0 Å². The molecular weight excluding hydrogens is 256 g/mol. The molecule has 0 amide bonds. The summed E-state index contributed by atoms with van der Waals surface area (Å²) >= 11 is 7.15. The van der Waals surface area contributed by atoms with Crippen LogP contribution in [0.2, 0.25) is 5.02 Å². The first-order chi connectivity index (χ1) is 8.13. The Morgan fingerprint density at radius 3 is 2.88 bits per heavy atom. The van der Waals surface area contributed by atoms with Crippen molar-refractivity contribution < 1.29 is 4.79 Å². The van der Waals surface area contributed by atoms with Crippen molar-refractivity contribution in [2.24, 2.45) is 0 Å². The van der Waals surface area contributed by atoms with Crippen LogP contribution in [-0.4, -0.2) is 15.4 Å². The van der Waals surface area contributed by atoms with Crippen LogP contribution >= 0.6 is 23.1 Å². The molecule has 0 fully saturated rings. The molecule has 0 radical (unpaired) electrons. The number of nitrogens with zero attached hydrogens (tertiary/aromatic N) is 2. The van der Waals surface area contributed by atoms with Crippen molar-refractivity contribution in [2.45, 2.75) is 20.3 Å². The Bertz CT molecular complexity index is 565. The first-order valence-corrected chi connectivity index (χ1v) is 6.40. The molecule has 0 aliphatic carbocycles. The summed E-state index contributed by atoms with van der Waals surface area (Å²) in [7, 11) is 0. The topological polar surface area (TPSA) is 42.9 Å². The van der Waals surface area contributed by atoms with E-state index in [2.05, 4.69) is 9.59 Å². The van der Waals surface area contributed by atoms with E-state index in [0.717, 1.165) is 22.8 Å². The number of carbonyl (C=O) groups excluding carboxylic acids is 1. The lowest BCUT2D eigenvalue weighted by Gasteiger charge is -2.02. The maximum Gasteiger partial charge on any atom is 0.206 e. The summed E-state index contributed by atoms with van der Waals surface area (Å²) in [4.78, 5) is 12.8. The monoisotopic (exact) mass is 266 g/mol. The van der Waals surface area contributed by atoms with Crippen LogP contribution in [0.15, 0.2) is 18.2 Å². The number of aryl methyl sites for hydroxylation is 2. The van der Waals surface area contributed by atoms with E-state index in [-0.39, 0.29) is 5.78 Å².